The Balaban J connectivity index is 1.12. The van der Waals surface area contributed by atoms with Gasteiger partial charge in [0.25, 0.3) is 11.8 Å². The second-order valence-corrected chi connectivity index (χ2v) is 15.4. The quantitative estimate of drug-likeness (QED) is 0.151. The van der Waals surface area contributed by atoms with Gasteiger partial charge in [-0.05, 0) is 104 Å². The van der Waals surface area contributed by atoms with Crippen LogP contribution < -0.4 is 10.5 Å². The summed E-state index contributed by atoms with van der Waals surface area (Å²) in [5, 5.41) is 7.49. The largest absolute Gasteiger partial charge is 0.434 e. The molecule has 4 aromatic heterocycles. The highest BCUT2D eigenvalue weighted by Gasteiger charge is 2.65. The molecule has 5 aliphatic rings. The summed E-state index contributed by atoms with van der Waals surface area (Å²) < 4.78 is 65.7. The third-order valence-electron chi connectivity index (χ3n) is 11.4. The number of ether oxygens (including phenoxy) is 1. The average Bonchev–Trinajstić information content (AvgIpc) is 3.97. The number of thiophene rings is 1. The number of hydrogen-bond acceptors (Lipinski definition) is 8. The minimum absolute atomic E-state index is 0.0191. The number of hydrogen-bond donors (Lipinski definition) is 1. The van der Waals surface area contributed by atoms with Crippen molar-refractivity contribution >= 4 is 27.3 Å². The number of halogens is 4. The van der Waals surface area contributed by atoms with Crippen LogP contribution in [-0.4, -0.2) is 44.1 Å². The molecule has 1 atom stereocenters. The number of amides is 1. The maximum atomic E-state index is 14.5. The first-order chi connectivity index (χ1) is 25.7. The van der Waals surface area contributed by atoms with Crippen molar-refractivity contribution in [2.75, 3.05) is 6.54 Å². The monoisotopic (exact) mass is 739 g/mol. The number of carbonyl (C=O) groups is 1. The molecule has 2 aliphatic carbocycles. The van der Waals surface area contributed by atoms with Crippen molar-refractivity contribution in [3.63, 3.8) is 0 Å². The second-order valence-electron chi connectivity index (χ2n) is 14.3. The molecule has 7 heterocycles. The highest BCUT2D eigenvalue weighted by atomic mass is 32.1. The van der Waals surface area contributed by atoms with E-state index in [-0.39, 0.29) is 23.5 Å². The Kier molecular flexibility index (Phi) is 7.20. The van der Waals surface area contributed by atoms with E-state index in [1.54, 1.807) is 24.4 Å². The van der Waals surface area contributed by atoms with E-state index in [1.807, 2.05) is 17.0 Å². The van der Waals surface area contributed by atoms with Gasteiger partial charge in [-0.25, -0.2) is 18.7 Å². The Morgan fingerprint density at radius 2 is 1.85 bits per heavy atom. The van der Waals surface area contributed by atoms with Crippen LogP contribution in [0.3, 0.4) is 0 Å². The van der Waals surface area contributed by atoms with Crippen molar-refractivity contribution in [1.82, 2.24) is 25.1 Å². The zero-order chi connectivity index (χ0) is 36.2. The fourth-order valence-corrected chi connectivity index (χ4v) is 10.4. The predicted molar refractivity (Wildman–Crippen MR) is 186 cm³/mol. The molecule has 1 N–H and O–H groups in total. The summed E-state index contributed by atoms with van der Waals surface area (Å²) in [5.41, 5.74) is 5.28. The molecule has 268 valence electrons. The van der Waals surface area contributed by atoms with Crippen molar-refractivity contribution in [3.8, 4) is 27.6 Å². The van der Waals surface area contributed by atoms with Gasteiger partial charge < -0.3 is 14.1 Å². The van der Waals surface area contributed by atoms with E-state index >= 15 is 0 Å². The van der Waals surface area contributed by atoms with Gasteiger partial charge in [-0.3, -0.25) is 14.8 Å². The molecule has 0 radical (unpaired) electrons. The fourth-order valence-electron chi connectivity index (χ4n) is 9.18. The Morgan fingerprint density at radius 3 is 2.62 bits per heavy atom. The van der Waals surface area contributed by atoms with Gasteiger partial charge in [-0.15, -0.1) is 16.4 Å². The topological polar surface area (TPSA) is 114 Å². The zero-order valence-corrected chi connectivity index (χ0v) is 28.7. The predicted octanol–water partition coefficient (Wildman–Crippen LogP) is 7.71. The number of alkyl halides is 2. The maximum Gasteiger partial charge on any atom is 0.434 e. The third-order valence-corrected chi connectivity index (χ3v) is 12.6. The van der Waals surface area contributed by atoms with Crippen molar-refractivity contribution in [2.45, 2.75) is 63.0 Å². The van der Waals surface area contributed by atoms with Crippen LogP contribution in [0.1, 0.15) is 69.3 Å². The third kappa shape index (κ3) is 4.98. The minimum Gasteiger partial charge on any atom is -0.431 e. The standard InChI is InChI=1S/C39H29F4N5O4S/c40-22-5-1-18(2-6-22)3-10-26-29(35-46-47-38(50)52-35)30(31-34(45-26)39-15-19(16-39)17-48(39)36(31)49)28-14-21-11-12-44-27(33(21)53-28)13-20-4-7-24-23(20)8-9-25(41)32(24)51-37(42)43/h1-2,5-6,8-9,11-12,14,19-20,37H,3-4,7,10,13,15-17H2,(H,47,50). The number of benzene rings is 2. The highest BCUT2D eigenvalue weighted by Crippen LogP contribution is 2.63. The molecule has 1 unspecified atom stereocenters. The van der Waals surface area contributed by atoms with Gasteiger partial charge >= 0.3 is 12.4 Å². The summed E-state index contributed by atoms with van der Waals surface area (Å²) in [6, 6.07) is 13.0. The number of rotatable bonds is 9. The fraction of sp³-hybridized carbons (Fsp3) is 0.308. The molecule has 14 heteroatoms. The number of aromatic nitrogens is 4. The molecule has 53 heavy (non-hydrogen) atoms. The van der Waals surface area contributed by atoms with E-state index in [1.165, 1.54) is 29.5 Å². The summed E-state index contributed by atoms with van der Waals surface area (Å²) in [6.07, 6.45) is 5.79. The lowest BCUT2D eigenvalue weighted by molar-refractivity contribution is -0.0527. The number of carbonyl (C=O) groups excluding carboxylic acids is 1. The first kappa shape index (κ1) is 32.3. The van der Waals surface area contributed by atoms with Crippen molar-refractivity contribution < 1.29 is 31.5 Å². The molecular weight excluding hydrogens is 711 g/mol. The average molecular weight is 740 g/mol. The molecule has 3 fully saturated rings. The highest BCUT2D eigenvalue weighted by molar-refractivity contribution is 7.22. The normalized spacial score (nSPS) is 21.0. The van der Waals surface area contributed by atoms with Crippen molar-refractivity contribution in [1.29, 1.82) is 0 Å². The van der Waals surface area contributed by atoms with Gasteiger partial charge in [0.05, 0.1) is 38.4 Å². The van der Waals surface area contributed by atoms with E-state index in [9.17, 15) is 27.2 Å². The Hall–Kier alpha value is -5.37. The van der Waals surface area contributed by atoms with Gasteiger partial charge in [0.2, 0.25) is 0 Å². The maximum absolute atomic E-state index is 14.5. The Labute approximate surface area is 302 Å². The number of pyridine rings is 2. The minimum atomic E-state index is -3.14. The van der Waals surface area contributed by atoms with E-state index in [0.717, 1.165) is 50.3 Å². The number of fused-ring (bicyclic) bond motifs is 3. The van der Waals surface area contributed by atoms with Crippen LogP contribution >= 0.6 is 11.3 Å². The van der Waals surface area contributed by atoms with Crippen LogP contribution in [0.4, 0.5) is 17.6 Å². The van der Waals surface area contributed by atoms with Gasteiger partial charge in [-0.1, -0.05) is 18.2 Å². The van der Waals surface area contributed by atoms with Crippen LogP contribution in [0.5, 0.6) is 5.75 Å². The summed E-state index contributed by atoms with van der Waals surface area (Å²) in [7, 11) is 0. The number of aryl methyl sites for hydroxylation is 2. The summed E-state index contributed by atoms with van der Waals surface area (Å²) in [5.74, 6) is -2.06. The summed E-state index contributed by atoms with van der Waals surface area (Å²) in [4.78, 5) is 39.5. The summed E-state index contributed by atoms with van der Waals surface area (Å²) in [6.45, 7) is -2.48. The number of aromatic amines is 1. The first-order valence-electron chi connectivity index (χ1n) is 17.5. The Morgan fingerprint density at radius 1 is 1.02 bits per heavy atom. The van der Waals surface area contributed by atoms with Crippen molar-refractivity contribution in [3.05, 3.63) is 116 Å². The molecule has 6 aromatic rings. The van der Waals surface area contributed by atoms with Gasteiger partial charge in [0, 0.05) is 28.7 Å². The summed E-state index contributed by atoms with van der Waals surface area (Å²) >= 11 is 1.46. The van der Waals surface area contributed by atoms with E-state index in [4.69, 9.17) is 14.4 Å². The Bertz CT molecular complexity index is 2540. The second kappa shape index (κ2) is 11.8. The first-order valence-corrected chi connectivity index (χ1v) is 18.3. The molecule has 9 nitrogen and oxygen atoms in total. The lowest BCUT2D eigenvalue weighted by Gasteiger charge is -2.37. The zero-order valence-electron chi connectivity index (χ0n) is 27.9. The van der Waals surface area contributed by atoms with Gasteiger partial charge in [-0.2, -0.15) is 8.78 Å². The lowest BCUT2D eigenvalue weighted by atomic mass is 9.71. The smallest absolute Gasteiger partial charge is 0.431 e. The van der Waals surface area contributed by atoms with E-state index in [0.29, 0.717) is 72.5 Å². The van der Waals surface area contributed by atoms with Crippen LogP contribution in [0.2, 0.25) is 0 Å². The number of nitrogens with one attached hydrogen (secondary N) is 1. The van der Waals surface area contributed by atoms with Crippen LogP contribution in [-0.2, 0) is 31.2 Å². The molecular formula is C39H29F4N5O4S. The van der Waals surface area contributed by atoms with E-state index < -0.39 is 29.5 Å². The molecule has 1 saturated carbocycles. The number of nitrogens with zero attached hydrogens (tertiary/aromatic N) is 4. The van der Waals surface area contributed by atoms with Crippen molar-refractivity contribution in [2.24, 2.45) is 5.92 Å². The molecule has 1 amide bonds. The van der Waals surface area contributed by atoms with Gasteiger partial charge in [0.1, 0.15) is 5.82 Å². The molecule has 3 aliphatic heterocycles. The van der Waals surface area contributed by atoms with E-state index in [2.05, 4.69) is 14.9 Å². The molecule has 2 saturated heterocycles. The number of H-pyrrole nitrogens is 1. The molecule has 11 rings (SSSR count). The van der Waals surface area contributed by atoms with Crippen LogP contribution in [0, 0.1) is 17.6 Å². The molecule has 1 spiro atoms. The molecule has 2 aromatic carbocycles. The molecule has 2 bridgehead atoms. The van der Waals surface area contributed by atoms with Crippen LogP contribution in [0.25, 0.3) is 32.0 Å². The SMILES string of the molecule is O=C1c2c(nc(CCc3ccc(F)cc3)c(-c3n[nH]c(=O)o3)c2-c2cc3ccnc(CC4CCc5c4ccc(F)c5OC(F)F)c3s2)C23CC(CN12)C3. The van der Waals surface area contributed by atoms with Gasteiger partial charge in [0.15, 0.2) is 11.6 Å². The lowest BCUT2D eigenvalue weighted by Crippen LogP contribution is -2.40. The van der Waals surface area contributed by atoms with Crippen LogP contribution in [0.15, 0.2) is 63.9 Å².